The van der Waals surface area contributed by atoms with E-state index in [4.69, 9.17) is 4.74 Å². The summed E-state index contributed by atoms with van der Waals surface area (Å²) in [6, 6.07) is 14.8. The van der Waals surface area contributed by atoms with Gasteiger partial charge in [-0.2, -0.15) is 5.26 Å². The van der Waals surface area contributed by atoms with Crippen LogP contribution < -0.4 is 15.4 Å². The number of hydrogen-bond donors (Lipinski definition) is 2. The second-order valence-corrected chi connectivity index (χ2v) is 7.23. The average molecular weight is 411 g/mol. The lowest BCUT2D eigenvalue weighted by atomic mass is 9.86. The van der Waals surface area contributed by atoms with Crippen molar-refractivity contribution in [2.24, 2.45) is 0 Å². The number of benzene rings is 2. The van der Waals surface area contributed by atoms with E-state index in [0.29, 0.717) is 22.0 Å². The minimum atomic E-state index is -0.451. The van der Waals surface area contributed by atoms with E-state index in [1.54, 1.807) is 6.07 Å². The summed E-state index contributed by atoms with van der Waals surface area (Å²) in [6.45, 7) is 0. The maximum atomic E-state index is 13.0. The summed E-state index contributed by atoms with van der Waals surface area (Å²) in [5, 5.41) is 15.4. The number of allylic oxidation sites excluding steroid dienone is 1. The van der Waals surface area contributed by atoms with Gasteiger partial charge >= 0.3 is 0 Å². The van der Waals surface area contributed by atoms with Crippen molar-refractivity contribution in [1.82, 2.24) is 5.32 Å². The van der Waals surface area contributed by atoms with E-state index in [0.717, 1.165) is 17.3 Å². The number of ether oxygens (including phenoxy) is 1. The lowest BCUT2D eigenvalue weighted by Crippen LogP contribution is -2.31. The van der Waals surface area contributed by atoms with Crippen LogP contribution in [0.1, 0.15) is 17.9 Å². The van der Waals surface area contributed by atoms with Crippen LogP contribution in [0.5, 0.6) is 5.75 Å². The third kappa shape index (κ3) is 4.95. The maximum Gasteiger partial charge on any atom is 0.234 e. The SMILES string of the molecule is COc1ccccc1[C@@H]1CC(=O)NC(SCC(=O)Nc2ccc(F)cc2)=C1C#N. The van der Waals surface area contributed by atoms with Crippen molar-refractivity contribution in [3.8, 4) is 11.8 Å². The van der Waals surface area contributed by atoms with Gasteiger partial charge in [-0.15, -0.1) is 0 Å². The molecule has 29 heavy (non-hydrogen) atoms. The molecule has 0 unspecified atom stereocenters. The summed E-state index contributed by atoms with van der Waals surface area (Å²) in [7, 11) is 1.53. The van der Waals surface area contributed by atoms with Gasteiger partial charge in [0.2, 0.25) is 11.8 Å². The fraction of sp³-hybridized carbons (Fsp3) is 0.190. The highest BCUT2D eigenvalue weighted by Gasteiger charge is 2.31. The highest BCUT2D eigenvalue weighted by molar-refractivity contribution is 8.03. The maximum absolute atomic E-state index is 13.0. The number of nitrogens with zero attached hydrogens (tertiary/aromatic N) is 1. The first-order chi connectivity index (χ1) is 14.0. The number of anilines is 1. The van der Waals surface area contributed by atoms with Gasteiger partial charge < -0.3 is 15.4 Å². The summed E-state index contributed by atoms with van der Waals surface area (Å²) in [6.07, 6.45) is 0.120. The Bertz CT molecular complexity index is 999. The van der Waals surface area contributed by atoms with E-state index in [9.17, 15) is 19.2 Å². The first kappa shape index (κ1) is 20.4. The summed E-state index contributed by atoms with van der Waals surface area (Å²) < 4.78 is 18.3. The van der Waals surface area contributed by atoms with Crippen LogP contribution in [0.2, 0.25) is 0 Å². The first-order valence-corrected chi connectivity index (χ1v) is 9.75. The normalized spacial score (nSPS) is 16.0. The second-order valence-electron chi connectivity index (χ2n) is 6.25. The third-order valence-corrected chi connectivity index (χ3v) is 5.36. The average Bonchev–Trinajstić information content (AvgIpc) is 2.73. The van der Waals surface area contributed by atoms with Gasteiger partial charge in [0.15, 0.2) is 0 Å². The Hall–Kier alpha value is -3.31. The number of rotatable bonds is 6. The Morgan fingerprint density at radius 2 is 2.03 bits per heavy atom. The van der Waals surface area contributed by atoms with Crippen LogP contribution in [0, 0.1) is 17.1 Å². The van der Waals surface area contributed by atoms with E-state index < -0.39 is 11.7 Å². The summed E-state index contributed by atoms with van der Waals surface area (Å²) >= 11 is 1.07. The van der Waals surface area contributed by atoms with Crippen LogP contribution in [0.25, 0.3) is 0 Å². The molecule has 1 aliphatic heterocycles. The summed E-state index contributed by atoms with van der Waals surface area (Å²) in [4.78, 5) is 24.4. The van der Waals surface area contributed by atoms with Gasteiger partial charge in [0.1, 0.15) is 11.6 Å². The zero-order valence-electron chi connectivity index (χ0n) is 15.6. The van der Waals surface area contributed by atoms with Gasteiger partial charge in [0.25, 0.3) is 0 Å². The van der Waals surface area contributed by atoms with Gasteiger partial charge in [-0.05, 0) is 30.3 Å². The molecule has 1 aliphatic rings. The number of thioether (sulfide) groups is 1. The first-order valence-electron chi connectivity index (χ1n) is 8.77. The predicted molar refractivity (Wildman–Crippen MR) is 109 cm³/mol. The standard InChI is InChI=1S/C21H18FN3O3S/c1-28-18-5-3-2-4-15(18)16-10-19(26)25-21(17(16)11-23)29-12-20(27)24-14-8-6-13(22)7-9-14/h2-9,16H,10,12H2,1H3,(H,24,27)(H,25,26)/t16-/m0/s1. The van der Waals surface area contributed by atoms with Crippen molar-refractivity contribution in [3.63, 3.8) is 0 Å². The molecule has 2 aromatic carbocycles. The number of nitrogens with one attached hydrogen (secondary N) is 2. The third-order valence-electron chi connectivity index (χ3n) is 4.35. The molecule has 0 spiro atoms. The molecule has 0 bridgehead atoms. The Balaban J connectivity index is 1.78. The minimum absolute atomic E-state index is 0.0170. The van der Waals surface area contributed by atoms with E-state index in [2.05, 4.69) is 16.7 Å². The van der Waals surface area contributed by atoms with E-state index >= 15 is 0 Å². The molecule has 2 amide bonds. The highest BCUT2D eigenvalue weighted by Crippen LogP contribution is 2.39. The van der Waals surface area contributed by atoms with Crippen molar-refractivity contribution in [2.45, 2.75) is 12.3 Å². The van der Waals surface area contributed by atoms with Crippen LogP contribution in [0.15, 0.2) is 59.1 Å². The van der Waals surface area contributed by atoms with Crippen molar-refractivity contribution in [3.05, 3.63) is 70.5 Å². The van der Waals surface area contributed by atoms with Crippen LogP contribution in [0.3, 0.4) is 0 Å². The van der Waals surface area contributed by atoms with E-state index in [-0.39, 0.29) is 24.0 Å². The number of carbonyl (C=O) groups is 2. The minimum Gasteiger partial charge on any atom is -0.496 e. The Kier molecular flexibility index (Phi) is 6.52. The zero-order valence-corrected chi connectivity index (χ0v) is 16.4. The lowest BCUT2D eigenvalue weighted by Gasteiger charge is -2.26. The molecule has 0 aromatic heterocycles. The molecule has 2 aromatic rings. The number of halogens is 1. The molecule has 0 fully saturated rings. The molecule has 1 atom stereocenters. The Labute approximate surface area is 171 Å². The van der Waals surface area contributed by atoms with Crippen LogP contribution in [-0.4, -0.2) is 24.7 Å². The molecule has 8 heteroatoms. The highest BCUT2D eigenvalue weighted by atomic mass is 32.2. The summed E-state index contributed by atoms with van der Waals surface area (Å²) in [5.74, 6) is -0.836. The second kappa shape index (κ2) is 9.26. The molecular weight excluding hydrogens is 393 g/mol. The van der Waals surface area contributed by atoms with Crippen molar-refractivity contribution in [1.29, 1.82) is 5.26 Å². The topological polar surface area (TPSA) is 91.2 Å². The van der Waals surface area contributed by atoms with Crippen molar-refractivity contribution >= 4 is 29.3 Å². The fourth-order valence-corrected chi connectivity index (χ4v) is 3.90. The molecule has 0 saturated carbocycles. The predicted octanol–water partition coefficient (Wildman–Crippen LogP) is 3.54. The lowest BCUT2D eigenvalue weighted by molar-refractivity contribution is -0.121. The summed E-state index contributed by atoms with van der Waals surface area (Å²) in [5.41, 5.74) is 1.59. The molecule has 0 saturated heterocycles. The fourth-order valence-electron chi connectivity index (χ4n) is 3.02. The van der Waals surface area contributed by atoms with Crippen LogP contribution >= 0.6 is 11.8 Å². The van der Waals surface area contributed by atoms with Crippen molar-refractivity contribution in [2.75, 3.05) is 18.2 Å². The van der Waals surface area contributed by atoms with Gasteiger partial charge in [-0.3, -0.25) is 9.59 Å². The van der Waals surface area contributed by atoms with E-state index in [1.807, 2.05) is 18.2 Å². The monoisotopic (exact) mass is 411 g/mol. The number of methoxy groups -OCH3 is 1. The molecular formula is C21H18FN3O3S. The quantitative estimate of drug-likeness (QED) is 0.759. The van der Waals surface area contributed by atoms with Gasteiger partial charge in [0, 0.05) is 23.6 Å². The molecule has 1 heterocycles. The molecule has 6 nitrogen and oxygen atoms in total. The van der Waals surface area contributed by atoms with Crippen LogP contribution in [0.4, 0.5) is 10.1 Å². The number of carbonyl (C=O) groups excluding carboxylic acids is 2. The molecule has 3 rings (SSSR count). The Morgan fingerprint density at radius 1 is 1.31 bits per heavy atom. The van der Waals surface area contributed by atoms with Gasteiger partial charge in [-0.25, -0.2) is 4.39 Å². The van der Waals surface area contributed by atoms with Crippen LogP contribution in [-0.2, 0) is 9.59 Å². The molecule has 0 radical (unpaired) electrons. The number of nitriles is 1. The smallest absolute Gasteiger partial charge is 0.234 e. The molecule has 148 valence electrons. The van der Waals surface area contributed by atoms with Gasteiger partial charge in [-0.1, -0.05) is 30.0 Å². The molecule has 0 aliphatic carbocycles. The van der Waals surface area contributed by atoms with Crippen molar-refractivity contribution < 1.29 is 18.7 Å². The number of para-hydroxylation sites is 1. The van der Waals surface area contributed by atoms with E-state index in [1.165, 1.54) is 31.4 Å². The van der Waals surface area contributed by atoms with Gasteiger partial charge in [0.05, 0.1) is 29.5 Å². The largest absolute Gasteiger partial charge is 0.496 e. The zero-order chi connectivity index (χ0) is 20.8. The number of amides is 2. The number of hydrogen-bond acceptors (Lipinski definition) is 5. The Morgan fingerprint density at radius 3 is 2.72 bits per heavy atom. The molecule has 2 N–H and O–H groups in total.